The van der Waals surface area contributed by atoms with Gasteiger partial charge in [-0.2, -0.15) is 4.98 Å². The second-order valence-electron chi connectivity index (χ2n) is 5.86. The predicted octanol–water partition coefficient (Wildman–Crippen LogP) is 0.943. The lowest BCUT2D eigenvalue weighted by Gasteiger charge is -2.22. The zero-order chi connectivity index (χ0) is 20.5. The van der Waals surface area contributed by atoms with Crippen molar-refractivity contribution in [2.24, 2.45) is 0 Å². The Kier molecular flexibility index (Phi) is 5.05. The van der Waals surface area contributed by atoms with Crippen LogP contribution in [0, 0.1) is 13.8 Å². The minimum absolute atomic E-state index is 0.0339. The number of benzene rings is 1. The number of carbonyl (C=O) groups is 2. The zero-order valence-electron chi connectivity index (χ0n) is 15.2. The van der Waals surface area contributed by atoms with Gasteiger partial charge in [0.05, 0.1) is 12.8 Å². The topological polar surface area (TPSA) is 149 Å². The third-order valence-corrected chi connectivity index (χ3v) is 5.19. The molecule has 2 heterocycles. The maximum absolute atomic E-state index is 12.8. The summed E-state index contributed by atoms with van der Waals surface area (Å²) in [6.07, 6.45) is 0. The van der Waals surface area contributed by atoms with E-state index >= 15 is 0 Å². The molecule has 3 rings (SSSR count). The third-order valence-electron chi connectivity index (χ3n) is 3.69. The Bertz CT molecular complexity index is 1070. The van der Waals surface area contributed by atoms with Crippen molar-refractivity contribution in [1.82, 2.24) is 14.7 Å². The van der Waals surface area contributed by atoms with Gasteiger partial charge in [0.15, 0.2) is 12.4 Å². The molecule has 0 atom stereocenters. The molecule has 0 spiro atoms. The number of sulfonamides is 1. The van der Waals surface area contributed by atoms with Crippen molar-refractivity contribution in [2.75, 3.05) is 24.4 Å². The van der Waals surface area contributed by atoms with E-state index in [1.165, 1.54) is 19.2 Å². The van der Waals surface area contributed by atoms with Gasteiger partial charge in [0.25, 0.3) is 15.9 Å². The van der Waals surface area contributed by atoms with Crippen LogP contribution in [0.2, 0.25) is 0 Å². The summed E-state index contributed by atoms with van der Waals surface area (Å²) in [5.41, 5.74) is 1.06. The van der Waals surface area contributed by atoms with Crippen LogP contribution in [0.4, 0.5) is 16.4 Å². The number of nitrogens with one attached hydrogen (secondary N) is 3. The van der Waals surface area contributed by atoms with E-state index in [-0.39, 0.29) is 34.8 Å². The number of aryl methyl sites for hydroxylation is 2. The number of rotatable bonds is 4. The van der Waals surface area contributed by atoms with E-state index in [2.05, 4.69) is 20.6 Å². The molecule has 1 aromatic carbocycles. The van der Waals surface area contributed by atoms with Crippen LogP contribution in [0.1, 0.15) is 11.3 Å². The maximum atomic E-state index is 12.8. The van der Waals surface area contributed by atoms with E-state index in [0.717, 1.165) is 0 Å². The van der Waals surface area contributed by atoms with Gasteiger partial charge in [-0.15, -0.1) is 0 Å². The van der Waals surface area contributed by atoms with E-state index in [0.29, 0.717) is 11.3 Å². The standard InChI is InChI=1S/C16H17N5O6S/c1-8-4-5-10-13(27-7-11(22)18-10)14(8)28(24,25)21-16(23)20-15-17-9(2)6-12(19-15)26-3/h4-6H,7H2,1-3H3,(H,18,22)(H2,17,19,20,21,23). The number of urea groups is 1. The molecule has 148 valence electrons. The van der Waals surface area contributed by atoms with Gasteiger partial charge in [0, 0.05) is 11.8 Å². The quantitative estimate of drug-likeness (QED) is 0.678. The molecule has 3 amide bonds. The van der Waals surface area contributed by atoms with Gasteiger partial charge in [0.1, 0.15) is 4.90 Å². The number of carbonyl (C=O) groups excluding carboxylic acids is 2. The molecule has 3 N–H and O–H groups in total. The Morgan fingerprint density at radius 3 is 2.75 bits per heavy atom. The van der Waals surface area contributed by atoms with Crippen LogP contribution in [0.3, 0.4) is 0 Å². The average molecular weight is 407 g/mol. The lowest BCUT2D eigenvalue weighted by atomic mass is 10.2. The zero-order valence-corrected chi connectivity index (χ0v) is 16.0. The summed E-state index contributed by atoms with van der Waals surface area (Å²) in [5.74, 6) is -0.355. The Morgan fingerprint density at radius 1 is 1.29 bits per heavy atom. The summed E-state index contributed by atoms with van der Waals surface area (Å²) < 4.78 is 37.7. The summed E-state index contributed by atoms with van der Waals surface area (Å²) in [7, 11) is -2.92. The predicted molar refractivity (Wildman–Crippen MR) is 98.0 cm³/mol. The van der Waals surface area contributed by atoms with Crippen molar-refractivity contribution in [3.8, 4) is 11.6 Å². The summed E-state index contributed by atoms with van der Waals surface area (Å²) in [4.78, 5) is 31.3. The molecule has 1 aliphatic rings. The molecule has 2 aromatic rings. The fourth-order valence-corrected chi connectivity index (χ4v) is 3.86. The highest BCUT2D eigenvalue weighted by Crippen LogP contribution is 2.36. The summed E-state index contributed by atoms with van der Waals surface area (Å²) >= 11 is 0. The first-order valence-corrected chi connectivity index (χ1v) is 9.47. The van der Waals surface area contributed by atoms with E-state index in [1.54, 1.807) is 19.9 Å². The maximum Gasteiger partial charge on any atom is 0.335 e. The molecular weight excluding hydrogens is 390 g/mol. The number of nitrogens with zero attached hydrogens (tertiary/aromatic N) is 2. The van der Waals surface area contributed by atoms with E-state index < -0.39 is 22.0 Å². The van der Waals surface area contributed by atoms with Gasteiger partial charge in [-0.05, 0) is 25.5 Å². The van der Waals surface area contributed by atoms with Crippen LogP contribution in [0.5, 0.6) is 11.6 Å². The van der Waals surface area contributed by atoms with Gasteiger partial charge in [-0.25, -0.2) is 22.9 Å². The van der Waals surface area contributed by atoms with Crippen molar-refractivity contribution in [3.63, 3.8) is 0 Å². The van der Waals surface area contributed by atoms with Gasteiger partial charge < -0.3 is 14.8 Å². The molecular formula is C16H17N5O6S. The van der Waals surface area contributed by atoms with Crippen LogP contribution in [-0.2, 0) is 14.8 Å². The minimum Gasteiger partial charge on any atom is -0.481 e. The number of hydrogen-bond donors (Lipinski definition) is 3. The van der Waals surface area contributed by atoms with Crippen molar-refractivity contribution in [2.45, 2.75) is 18.7 Å². The van der Waals surface area contributed by atoms with Gasteiger partial charge in [0.2, 0.25) is 11.8 Å². The molecule has 0 bridgehead atoms. The minimum atomic E-state index is -4.32. The van der Waals surface area contributed by atoms with Crippen LogP contribution in [0.25, 0.3) is 0 Å². The normalized spacial score (nSPS) is 13.0. The molecule has 0 aliphatic carbocycles. The second kappa shape index (κ2) is 7.31. The van der Waals surface area contributed by atoms with Crippen LogP contribution >= 0.6 is 0 Å². The number of methoxy groups -OCH3 is 1. The summed E-state index contributed by atoms with van der Waals surface area (Å²) in [5, 5.41) is 4.77. The highest BCUT2D eigenvalue weighted by Gasteiger charge is 2.30. The largest absolute Gasteiger partial charge is 0.481 e. The molecule has 0 radical (unpaired) electrons. The van der Waals surface area contributed by atoms with Crippen LogP contribution in [-0.4, -0.2) is 44.0 Å². The Morgan fingerprint density at radius 2 is 2.04 bits per heavy atom. The molecule has 0 fully saturated rings. The summed E-state index contributed by atoms with van der Waals surface area (Å²) in [6, 6.07) is 3.50. The first-order chi connectivity index (χ1) is 13.2. The van der Waals surface area contributed by atoms with Crippen molar-refractivity contribution in [1.29, 1.82) is 0 Å². The molecule has 1 aliphatic heterocycles. The molecule has 28 heavy (non-hydrogen) atoms. The van der Waals surface area contributed by atoms with E-state index in [4.69, 9.17) is 9.47 Å². The molecule has 12 heteroatoms. The molecule has 1 aromatic heterocycles. The first-order valence-electron chi connectivity index (χ1n) is 7.99. The lowest BCUT2D eigenvalue weighted by molar-refractivity contribution is -0.118. The third kappa shape index (κ3) is 3.96. The summed E-state index contributed by atoms with van der Waals surface area (Å²) in [6.45, 7) is 2.87. The van der Waals surface area contributed by atoms with Crippen molar-refractivity contribution in [3.05, 3.63) is 29.5 Å². The fourth-order valence-electron chi connectivity index (χ4n) is 2.56. The molecule has 0 saturated carbocycles. The van der Waals surface area contributed by atoms with E-state index in [9.17, 15) is 18.0 Å². The van der Waals surface area contributed by atoms with Crippen LogP contribution < -0.4 is 24.8 Å². The SMILES string of the molecule is COc1cc(C)nc(NC(=O)NS(=O)(=O)c2c(C)ccc3c2OCC(=O)N3)n1. The van der Waals surface area contributed by atoms with E-state index in [1.807, 2.05) is 4.72 Å². The van der Waals surface area contributed by atoms with Crippen molar-refractivity contribution >= 4 is 33.6 Å². The molecule has 0 unspecified atom stereocenters. The average Bonchev–Trinajstić information content (AvgIpc) is 2.60. The number of anilines is 2. The Hall–Kier alpha value is -3.41. The molecule has 0 saturated heterocycles. The van der Waals surface area contributed by atoms with Gasteiger partial charge >= 0.3 is 6.03 Å². The number of amides is 3. The van der Waals surface area contributed by atoms with Crippen LogP contribution in [0.15, 0.2) is 23.1 Å². The second-order valence-corrected chi connectivity index (χ2v) is 7.48. The first kappa shape index (κ1) is 19.4. The number of ether oxygens (including phenoxy) is 2. The number of aromatic nitrogens is 2. The van der Waals surface area contributed by atoms with Crippen molar-refractivity contribution < 1.29 is 27.5 Å². The smallest absolute Gasteiger partial charge is 0.335 e. The highest BCUT2D eigenvalue weighted by molar-refractivity contribution is 7.90. The Labute approximate surface area is 160 Å². The Balaban J connectivity index is 1.86. The number of fused-ring (bicyclic) bond motifs is 1. The lowest BCUT2D eigenvalue weighted by Crippen LogP contribution is -2.36. The van der Waals surface area contributed by atoms with Gasteiger partial charge in [-0.1, -0.05) is 6.07 Å². The number of hydrogen-bond acceptors (Lipinski definition) is 8. The highest BCUT2D eigenvalue weighted by atomic mass is 32.2. The van der Waals surface area contributed by atoms with Gasteiger partial charge in [-0.3, -0.25) is 10.1 Å². The fraction of sp³-hybridized carbons (Fsp3) is 0.250. The monoisotopic (exact) mass is 407 g/mol. The molecule has 11 nitrogen and oxygen atoms in total.